The van der Waals surface area contributed by atoms with Gasteiger partial charge in [-0.15, -0.1) is 0 Å². The number of aromatic nitrogens is 2. The van der Waals surface area contributed by atoms with Crippen LogP contribution in [0.1, 0.15) is 30.2 Å². The second kappa shape index (κ2) is 8.02. The van der Waals surface area contributed by atoms with Crippen molar-refractivity contribution in [2.45, 2.75) is 32.2 Å². The molecule has 2 aromatic heterocycles. The number of fused-ring (bicyclic) bond motifs is 1. The first-order valence-electron chi connectivity index (χ1n) is 9.96. The van der Waals surface area contributed by atoms with E-state index in [1.54, 1.807) is 6.07 Å². The molecule has 2 aromatic carbocycles. The van der Waals surface area contributed by atoms with Crippen LogP contribution in [0.25, 0.3) is 33.8 Å². The van der Waals surface area contributed by atoms with Crippen molar-refractivity contribution in [2.24, 2.45) is 5.73 Å². The molecule has 0 bridgehead atoms. The summed E-state index contributed by atoms with van der Waals surface area (Å²) in [5.41, 5.74) is 9.14. The van der Waals surface area contributed by atoms with Gasteiger partial charge in [-0.1, -0.05) is 30.6 Å². The molecule has 0 aliphatic heterocycles. The zero-order valence-electron chi connectivity index (χ0n) is 17.1. The monoisotopic (exact) mass is 407 g/mol. The van der Waals surface area contributed by atoms with E-state index in [2.05, 4.69) is 29.2 Å². The Labute approximate surface area is 174 Å². The minimum absolute atomic E-state index is 0.323. The van der Waals surface area contributed by atoms with Gasteiger partial charge in [-0.05, 0) is 54.8 Å². The summed E-state index contributed by atoms with van der Waals surface area (Å²) < 4.78 is 11.3. The number of benzene rings is 2. The van der Waals surface area contributed by atoms with E-state index < -0.39 is 18.8 Å². The summed E-state index contributed by atoms with van der Waals surface area (Å²) >= 11 is 0. The van der Waals surface area contributed by atoms with Crippen molar-refractivity contribution >= 4 is 11.0 Å². The molecule has 0 aliphatic rings. The van der Waals surface area contributed by atoms with Gasteiger partial charge in [0.1, 0.15) is 16.9 Å². The van der Waals surface area contributed by atoms with E-state index in [1.807, 2.05) is 31.2 Å². The zero-order chi connectivity index (χ0) is 21.3. The standard InChI is InChI=1S/C23H25N3O4/c1-3-4-15-5-7-16(8-6-15)22-25-21(26-30-22)18-9-14(2)20-17(10-18)11-19(29-20)23(24,12-27)13-28/h5-11,27-28H,3-4,12-13,24H2,1-2H3. The molecule has 0 saturated heterocycles. The molecule has 4 rings (SSSR count). The van der Waals surface area contributed by atoms with E-state index in [4.69, 9.17) is 14.7 Å². The molecule has 156 valence electrons. The van der Waals surface area contributed by atoms with Gasteiger partial charge in [0, 0.05) is 16.5 Å². The quantitative estimate of drug-likeness (QED) is 0.429. The lowest BCUT2D eigenvalue weighted by atomic mass is 9.99. The van der Waals surface area contributed by atoms with Gasteiger partial charge in [-0.25, -0.2) is 0 Å². The van der Waals surface area contributed by atoms with Gasteiger partial charge < -0.3 is 24.9 Å². The number of nitrogens with zero attached hydrogens (tertiary/aromatic N) is 2. The van der Waals surface area contributed by atoms with E-state index in [0.29, 0.717) is 23.1 Å². The van der Waals surface area contributed by atoms with E-state index in [-0.39, 0.29) is 0 Å². The van der Waals surface area contributed by atoms with E-state index in [1.165, 1.54) is 5.56 Å². The lowest BCUT2D eigenvalue weighted by molar-refractivity contribution is 0.105. The Morgan fingerprint density at radius 2 is 1.77 bits per heavy atom. The van der Waals surface area contributed by atoms with Gasteiger partial charge in [0.15, 0.2) is 0 Å². The number of aliphatic hydroxyl groups is 2. The molecule has 0 unspecified atom stereocenters. The summed E-state index contributed by atoms with van der Waals surface area (Å²) in [4.78, 5) is 4.55. The Morgan fingerprint density at radius 1 is 1.03 bits per heavy atom. The molecule has 0 atom stereocenters. The molecular formula is C23H25N3O4. The molecule has 30 heavy (non-hydrogen) atoms. The first-order chi connectivity index (χ1) is 14.5. The van der Waals surface area contributed by atoms with Gasteiger partial charge in [0.05, 0.1) is 13.2 Å². The summed E-state index contributed by atoms with van der Waals surface area (Å²) in [6.07, 6.45) is 2.14. The predicted molar refractivity (Wildman–Crippen MR) is 114 cm³/mol. The van der Waals surface area contributed by atoms with Gasteiger partial charge >= 0.3 is 0 Å². The Hall–Kier alpha value is -3.00. The Kier molecular flexibility index (Phi) is 5.42. The summed E-state index contributed by atoms with van der Waals surface area (Å²) in [6, 6.07) is 13.6. The topological polar surface area (TPSA) is 119 Å². The second-order valence-electron chi connectivity index (χ2n) is 7.66. The Bertz CT molecular complexity index is 1160. The zero-order valence-corrected chi connectivity index (χ0v) is 17.1. The normalized spacial score (nSPS) is 12.0. The molecule has 0 spiro atoms. The maximum Gasteiger partial charge on any atom is 0.258 e. The molecule has 7 nitrogen and oxygen atoms in total. The third-order valence-corrected chi connectivity index (χ3v) is 5.28. The third-order valence-electron chi connectivity index (χ3n) is 5.28. The minimum atomic E-state index is -1.34. The highest BCUT2D eigenvalue weighted by Gasteiger charge is 2.30. The van der Waals surface area contributed by atoms with E-state index in [9.17, 15) is 10.2 Å². The van der Waals surface area contributed by atoms with Crippen LogP contribution in [0.3, 0.4) is 0 Å². The van der Waals surface area contributed by atoms with Crippen molar-refractivity contribution in [3.05, 3.63) is 59.4 Å². The van der Waals surface area contributed by atoms with Crippen LogP contribution < -0.4 is 5.73 Å². The van der Waals surface area contributed by atoms with Crippen molar-refractivity contribution in [1.29, 1.82) is 0 Å². The fourth-order valence-electron chi connectivity index (χ4n) is 3.47. The maximum absolute atomic E-state index is 9.55. The molecule has 0 aliphatic carbocycles. The molecule has 0 saturated carbocycles. The van der Waals surface area contributed by atoms with Crippen molar-refractivity contribution in [2.75, 3.05) is 13.2 Å². The SMILES string of the molecule is CCCc1ccc(-c2nc(-c3cc(C)c4oc(C(N)(CO)CO)cc4c3)no2)cc1. The summed E-state index contributed by atoms with van der Waals surface area (Å²) in [5, 5.41) is 24.0. The van der Waals surface area contributed by atoms with Crippen molar-refractivity contribution in [3.63, 3.8) is 0 Å². The molecule has 0 radical (unpaired) electrons. The fraction of sp³-hybridized carbons (Fsp3) is 0.304. The summed E-state index contributed by atoms with van der Waals surface area (Å²) in [5.74, 6) is 1.25. The Balaban J connectivity index is 1.68. The van der Waals surface area contributed by atoms with E-state index in [0.717, 1.165) is 34.9 Å². The molecule has 4 aromatic rings. The first-order valence-corrected chi connectivity index (χ1v) is 9.96. The van der Waals surface area contributed by atoms with Crippen LogP contribution in [-0.4, -0.2) is 33.6 Å². The lowest BCUT2D eigenvalue weighted by Gasteiger charge is -2.21. The number of aryl methyl sites for hydroxylation is 2. The number of rotatable bonds is 7. The molecule has 0 fully saturated rings. The maximum atomic E-state index is 9.55. The summed E-state index contributed by atoms with van der Waals surface area (Å²) in [7, 11) is 0. The highest BCUT2D eigenvalue weighted by atomic mass is 16.5. The first kappa shape index (κ1) is 20.3. The molecule has 7 heteroatoms. The highest BCUT2D eigenvalue weighted by molar-refractivity contribution is 5.86. The number of aliphatic hydroxyl groups excluding tert-OH is 2. The van der Waals surface area contributed by atoms with Crippen LogP contribution in [0.2, 0.25) is 0 Å². The van der Waals surface area contributed by atoms with Crippen LogP contribution in [0.15, 0.2) is 51.4 Å². The van der Waals surface area contributed by atoms with Crippen LogP contribution in [0.4, 0.5) is 0 Å². The predicted octanol–water partition coefficient (Wildman–Crippen LogP) is 3.55. The van der Waals surface area contributed by atoms with Gasteiger partial charge in [-0.2, -0.15) is 4.98 Å². The van der Waals surface area contributed by atoms with Crippen molar-refractivity contribution < 1.29 is 19.2 Å². The summed E-state index contributed by atoms with van der Waals surface area (Å²) in [6.45, 7) is 3.20. The van der Waals surface area contributed by atoms with Crippen molar-refractivity contribution in [3.8, 4) is 22.8 Å². The molecular weight excluding hydrogens is 382 g/mol. The number of furan rings is 1. The number of nitrogens with two attached hydrogens (primary N) is 1. The van der Waals surface area contributed by atoms with E-state index >= 15 is 0 Å². The number of hydrogen-bond donors (Lipinski definition) is 3. The van der Waals surface area contributed by atoms with Gasteiger partial charge in [0.2, 0.25) is 5.82 Å². The lowest BCUT2D eigenvalue weighted by Crippen LogP contribution is -2.43. The van der Waals surface area contributed by atoms with Gasteiger partial charge in [0.25, 0.3) is 5.89 Å². The van der Waals surface area contributed by atoms with Gasteiger partial charge in [-0.3, -0.25) is 0 Å². The highest BCUT2D eigenvalue weighted by Crippen LogP contribution is 2.32. The van der Waals surface area contributed by atoms with Crippen LogP contribution >= 0.6 is 0 Å². The number of hydrogen-bond acceptors (Lipinski definition) is 7. The van der Waals surface area contributed by atoms with Crippen LogP contribution in [0, 0.1) is 6.92 Å². The third kappa shape index (κ3) is 3.63. The van der Waals surface area contributed by atoms with Crippen LogP contribution in [0.5, 0.6) is 0 Å². The average molecular weight is 407 g/mol. The van der Waals surface area contributed by atoms with Crippen molar-refractivity contribution in [1.82, 2.24) is 10.1 Å². The van der Waals surface area contributed by atoms with Crippen LogP contribution in [-0.2, 0) is 12.0 Å². The molecule has 2 heterocycles. The fourth-order valence-corrected chi connectivity index (χ4v) is 3.47. The average Bonchev–Trinajstić information content (AvgIpc) is 3.42. The minimum Gasteiger partial charge on any atom is -0.459 e. The second-order valence-corrected chi connectivity index (χ2v) is 7.66. The molecule has 0 amide bonds. The Morgan fingerprint density at radius 3 is 2.43 bits per heavy atom. The smallest absolute Gasteiger partial charge is 0.258 e. The largest absolute Gasteiger partial charge is 0.459 e. The molecule has 4 N–H and O–H groups in total.